The number of aliphatic hydroxyl groups is 6. The van der Waals surface area contributed by atoms with Crippen LogP contribution in [0.1, 0.15) is 81.6 Å². The first-order valence-electron chi connectivity index (χ1n) is 17.6. The molecule has 6 N–H and O–H groups in total. The van der Waals surface area contributed by atoms with Crippen molar-refractivity contribution >= 4 is 23.3 Å². The summed E-state index contributed by atoms with van der Waals surface area (Å²) in [5, 5.41) is 64.6. The van der Waals surface area contributed by atoms with Crippen LogP contribution in [-0.4, -0.2) is 109 Å². The third kappa shape index (κ3) is 5.87. The maximum Gasteiger partial charge on any atom is 0.303 e. The molecule has 0 spiro atoms. The highest BCUT2D eigenvalue weighted by atomic mass is 16.7. The lowest BCUT2D eigenvalue weighted by Crippen LogP contribution is -2.64. The summed E-state index contributed by atoms with van der Waals surface area (Å²) in [5.74, 6) is -4.17. The van der Waals surface area contributed by atoms with E-state index in [1.807, 2.05) is 26.8 Å². The summed E-state index contributed by atoms with van der Waals surface area (Å²) in [6, 6.07) is 0. The van der Waals surface area contributed by atoms with Gasteiger partial charge in [-0.1, -0.05) is 32.4 Å². The molecule has 284 valence electrons. The summed E-state index contributed by atoms with van der Waals surface area (Å²) in [5.41, 5.74) is -6.62. The minimum Gasteiger partial charge on any atom is -0.459 e. The Kier molecular flexibility index (Phi) is 9.80. The van der Waals surface area contributed by atoms with Crippen LogP contribution in [0, 0.1) is 39.4 Å². The van der Waals surface area contributed by atoms with Crippen LogP contribution >= 0.6 is 0 Å². The molecule has 0 aromatic rings. The Hall–Kier alpha value is -2.78. The van der Waals surface area contributed by atoms with E-state index in [4.69, 9.17) is 14.2 Å². The molecule has 0 amide bonds. The molecule has 13 nitrogen and oxygen atoms in total. The van der Waals surface area contributed by atoms with Gasteiger partial charge in [-0.25, -0.2) is 0 Å². The zero-order valence-corrected chi connectivity index (χ0v) is 30.9. The number of hydrogen-bond donors (Lipinski definition) is 6. The molecule has 4 aliphatic carbocycles. The number of aliphatic hydroxyl groups excluding tert-OH is 5. The lowest BCUT2D eigenvalue weighted by Gasteiger charge is -2.63. The van der Waals surface area contributed by atoms with Crippen molar-refractivity contribution < 1.29 is 64.0 Å². The normalized spacial score (nSPS) is 43.3. The van der Waals surface area contributed by atoms with Crippen LogP contribution in [0.4, 0.5) is 0 Å². The second-order valence-electron chi connectivity index (χ2n) is 17.2. The molecule has 0 aromatic heterocycles. The molecule has 0 bridgehead atoms. The van der Waals surface area contributed by atoms with Crippen LogP contribution in [-0.2, 0) is 33.4 Å². The fourth-order valence-electron chi connectivity index (χ4n) is 10.3. The predicted molar refractivity (Wildman–Crippen MR) is 180 cm³/mol. The molecule has 3 fully saturated rings. The van der Waals surface area contributed by atoms with Crippen molar-refractivity contribution in [2.24, 2.45) is 39.4 Å². The van der Waals surface area contributed by atoms with Gasteiger partial charge in [0.15, 0.2) is 11.5 Å². The highest BCUT2D eigenvalue weighted by Crippen LogP contribution is 2.73. The van der Waals surface area contributed by atoms with Crippen molar-refractivity contribution in [3.63, 3.8) is 0 Å². The van der Waals surface area contributed by atoms with Gasteiger partial charge >= 0.3 is 5.97 Å². The first kappa shape index (κ1) is 39.4. The SMILES string of the molecule is CC(=O)OC(C)(C)/C=C/C(=O)[C@](C)(O)[C@H]1[C@H](O)C[C@@]2(C)[C@@H]3CC=C4[C@@H](C=C(OC5OC(CO)C(O)C(O)C5O)C(=O)C4(C)C)[C@]3(C)C(=O)C[C@]12C. The molecule has 13 heteroatoms. The number of hydrogen-bond acceptors (Lipinski definition) is 13. The molecular weight excluding hydrogens is 664 g/mol. The number of ketones is 3. The van der Waals surface area contributed by atoms with E-state index < -0.39 is 112 Å². The monoisotopic (exact) mass is 718 g/mol. The Morgan fingerprint density at radius 1 is 1.00 bits per heavy atom. The molecule has 13 atom stereocenters. The highest BCUT2D eigenvalue weighted by Gasteiger charge is 2.74. The summed E-state index contributed by atoms with van der Waals surface area (Å²) in [7, 11) is 0. The number of esters is 1. The van der Waals surface area contributed by atoms with Crippen LogP contribution in [0.2, 0.25) is 0 Å². The van der Waals surface area contributed by atoms with Crippen LogP contribution in [0.25, 0.3) is 0 Å². The number of Topliss-reactive ketones (excluding diaryl/α,β-unsaturated/α-hetero) is 2. The fraction of sp³-hybridized carbons (Fsp3) is 0.737. The van der Waals surface area contributed by atoms with E-state index in [0.29, 0.717) is 12.0 Å². The van der Waals surface area contributed by atoms with Gasteiger partial charge in [0.05, 0.1) is 18.1 Å². The Balaban J connectivity index is 1.52. The Labute approximate surface area is 298 Å². The quantitative estimate of drug-likeness (QED) is 0.119. The fourth-order valence-corrected chi connectivity index (χ4v) is 10.3. The molecule has 2 saturated carbocycles. The third-order valence-corrected chi connectivity index (χ3v) is 13.3. The van der Waals surface area contributed by atoms with E-state index in [9.17, 15) is 49.8 Å². The van der Waals surface area contributed by atoms with Crippen molar-refractivity contribution in [2.45, 2.75) is 130 Å². The Morgan fingerprint density at radius 2 is 1.63 bits per heavy atom. The van der Waals surface area contributed by atoms with Crippen LogP contribution in [0.15, 0.2) is 35.6 Å². The second kappa shape index (κ2) is 12.7. The Bertz CT molecular complexity index is 1570. The van der Waals surface area contributed by atoms with E-state index in [0.717, 1.165) is 6.08 Å². The van der Waals surface area contributed by atoms with Crippen LogP contribution in [0.5, 0.6) is 0 Å². The van der Waals surface area contributed by atoms with Crippen molar-refractivity contribution in [1.29, 1.82) is 0 Å². The van der Waals surface area contributed by atoms with Crippen LogP contribution in [0.3, 0.4) is 0 Å². The lowest BCUT2D eigenvalue weighted by atomic mass is 9.39. The average molecular weight is 719 g/mol. The first-order chi connectivity index (χ1) is 23.3. The summed E-state index contributed by atoms with van der Waals surface area (Å²) >= 11 is 0. The standard InChI is InChI=1S/C38H54O13/c1-18(40)51-33(2,3)13-12-25(42)38(9,48)30-21(41)15-35(6)24-11-10-19-20(37(24,8)26(43)16-36(30,35)7)14-22(31(47)34(19,4)5)49-32-29(46)28(45)27(44)23(17-39)50-32/h10,12-14,20-21,23-24,27-30,32,39,41,44-46,48H,11,15-17H2,1-9H3/b13-12+/t20-,21-,23?,24+,27?,28?,29?,30+,32?,35+,36-,37+,38+/m1/s1. The van der Waals surface area contributed by atoms with Crippen molar-refractivity contribution in [3.05, 3.63) is 35.6 Å². The van der Waals surface area contributed by atoms with Gasteiger partial charge < -0.3 is 44.8 Å². The number of fused-ring (bicyclic) bond motifs is 5. The molecule has 5 aliphatic rings. The smallest absolute Gasteiger partial charge is 0.303 e. The molecule has 0 radical (unpaired) electrons. The van der Waals surface area contributed by atoms with Gasteiger partial charge in [0.2, 0.25) is 12.1 Å². The molecule has 5 unspecified atom stereocenters. The third-order valence-electron chi connectivity index (χ3n) is 13.3. The first-order valence-corrected chi connectivity index (χ1v) is 17.6. The maximum absolute atomic E-state index is 14.8. The molecule has 5 rings (SSSR count). The summed E-state index contributed by atoms with van der Waals surface area (Å²) < 4.78 is 16.7. The average Bonchev–Trinajstić information content (AvgIpc) is 3.22. The largest absolute Gasteiger partial charge is 0.459 e. The van der Waals surface area contributed by atoms with E-state index in [1.54, 1.807) is 33.8 Å². The summed E-state index contributed by atoms with van der Waals surface area (Å²) in [6.07, 6.45) is -2.57. The van der Waals surface area contributed by atoms with Gasteiger partial charge in [0, 0.05) is 30.6 Å². The summed E-state index contributed by atoms with van der Waals surface area (Å²) in [4.78, 5) is 53.9. The highest BCUT2D eigenvalue weighted by molar-refractivity contribution is 6.02. The lowest BCUT2D eigenvalue weighted by molar-refractivity contribution is -0.291. The number of ether oxygens (including phenoxy) is 3. The molecule has 1 aliphatic heterocycles. The zero-order valence-electron chi connectivity index (χ0n) is 30.9. The predicted octanol–water partition coefficient (Wildman–Crippen LogP) is 1.45. The van der Waals surface area contributed by atoms with Gasteiger partial charge in [0.25, 0.3) is 0 Å². The van der Waals surface area contributed by atoms with Gasteiger partial charge in [-0.05, 0) is 82.4 Å². The van der Waals surface area contributed by atoms with E-state index >= 15 is 0 Å². The molecule has 51 heavy (non-hydrogen) atoms. The second-order valence-corrected chi connectivity index (χ2v) is 17.2. The van der Waals surface area contributed by atoms with Crippen molar-refractivity contribution in [3.8, 4) is 0 Å². The topological polar surface area (TPSA) is 217 Å². The van der Waals surface area contributed by atoms with Crippen LogP contribution < -0.4 is 0 Å². The molecule has 1 saturated heterocycles. The Morgan fingerprint density at radius 3 is 2.22 bits per heavy atom. The number of carbonyl (C=O) groups is 4. The maximum atomic E-state index is 14.8. The zero-order chi connectivity index (χ0) is 38.4. The molecule has 0 aromatic carbocycles. The van der Waals surface area contributed by atoms with E-state index in [1.165, 1.54) is 19.9 Å². The minimum absolute atomic E-state index is 0.0841. The number of rotatable bonds is 8. The van der Waals surface area contributed by atoms with Crippen molar-refractivity contribution in [2.75, 3.05) is 6.61 Å². The van der Waals surface area contributed by atoms with Gasteiger partial charge in [0.1, 0.15) is 41.4 Å². The van der Waals surface area contributed by atoms with Crippen molar-refractivity contribution in [1.82, 2.24) is 0 Å². The number of carbonyl (C=O) groups excluding carboxylic acids is 4. The molecular formula is C38H54O13. The number of allylic oxidation sites excluding steroid dienone is 4. The van der Waals surface area contributed by atoms with Gasteiger partial charge in [-0.3, -0.25) is 19.2 Å². The molecule has 1 heterocycles. The van der Waals surface area contributed by atoms with E-state index in [2.05, 4.69) is 0 Å². The summed E-state index contributed by atoms with van der Waals surface area (Å²) in [6.45, 7) is 14.2. The minimum atomic E-state index is -2.09. The van der Waals surface area contributed by atoms with Gasteiger partial charge in [-0.15, -0.1) is 0 Å². The van der Waals surface area contributed by atoms with Gasteiger partial charge in [-0.2, -0.15) is 0 Å². The van der Waals surface area contributed by atoms with E-state index in [-0.39, 0.29) is 24.4 Å².